The molecule has 2 amide bonds. The van der Waals surface area contributed by atoms with Gasteiger partial charge in [0.25, 0.3) is 0 Å². The minimum Gasteiger partial charge on any atom is -0.318 e. The fraction of sp³-hybridized carbons (Fsp3) is 0.389. The Morgan fingerprint density at radius 1 is 1.40 bits per heavy atom. The summed E-state index contributed by atoms with van der Waals surface area (Å²) in [5, 5.41) is 5.36. The van der Waals surface area contributed by atoms with Gasteiger partial charge in [0, 0.05) is 16.7 Å². The second kappa shape index (κ2) is 6.80. The number of hydrogen-bond acceptors (Lipinski definition) is 5. The zero-order valence-electron chi connectivity index (χ0n) is 14.7. The number of benzene rings is 1. The van der Waals surface area contributed by atoms with Crippen molar-refractivity contribution in [2.45, 2.75) is 38.6 Å². The standard InChI is InChI=1S/C18H21N3O2S2/c1-11-5-6-13(12(2)7-11)14-8-24-17(19-14)20-16(23)15-9-25-18(3,4)21(15)10-22/h5-8,10,15H,9H2,1-4H3,(H,19,20,23). The number of aryl methyl sites for hydroxylation is 2. The molecule has 1 aromatic heterocycles. The van der Waals surface area contributed by atoms with E-state index in [4.69, 9.17) is 0 Å². The molecule has 1 N–H and O–H groups in total. The van der Waals surface area contributed by atoms with Crippen LogP contribution in [-0.4, -0.2) is 38.9 Å². The third-order valence-electron chi connectivity index (χ3n) is 4.36. The van der Waals surface area contributed by atoms with Gasteiger partial charge >= 0.3 is 0 Å². The van der Waals surface area contributed by atoms with Crippen LogP contribution < -0.4 is 5.32 Å². The normalized spacial score (nSPS) is 19.0. The second-order valence-corrected chi connectivity index (χ2v) is 9.11. The van der Waals surface area contributed by atoms with Crippen molar-refractivity contribution < 1.29 is 9.59 Å². The number of nitrogens with zero attached hydrogens (tertiary/aromatic N) is 2. The van der Waals surface area contributed by atoms with Gasteiger partial charge in [-0.1, -0.05) is 23.8 Å². The Hall–Kier alpha value is -1.86. The second-order valence-electron chi connectivity index (χ2n) is 6.63. The molecule has 1 atom stereocenters. The van der Waals surface area contributed by atoms with Crippen molar-refractivity contribution in [3.63, 3.8) is 0 Å². The van der Waals surface area contributed by atoms with Gasteiger partial charge in [-0.25, -0.2) is 4.98 Å². The molecule has 0 aliphatic carbocycles. The summed E-state index contributed by atoms with van der Waals surface area (Å²) in [6.45, 7) is 8.01. The fourth-order valence-corrected chi connectivity index (χ4v) is 4.87. The van der Waals surface area contributed by atoms with E-state index < -0.39 is 6.04 Å². The number of carbonyl (C=O) groups excluding carboxylic acids is 2. The molecule has 0 radical (unpaired) electrons. The van der Waals surface area contributed by atoms with E-state index in [0.29, 0.717) is 10.9 Å². The van der Waals surface area contributed by atoms with Crippen molar-refractivity contribution in [2.24, 2.45) is 0 Å². The first-order valence-electron chi connectivity index (χ1n) is 8.03. The predicted octanol–water partition coefficient (Wildman–Crippen LogP) is 3.68. The van der Waals surface area contributed by atoms with Crippen molar-refractivity contribution in [1.29, 1.82) is 0 Å². The molecule has 1 aliphatic rings. The molecule has 1 aliphatic heterocycles. The summed E-state index contributed by atoms with van der Waals surface area (Å²) in [5.74, 6) is 0.402. The maximum atomic E-state index is 12.6. The molecule has 1 fully saturated rings. The number of amides is 2. The van der Waals surface area contributed by atoms with Crippen LogP contribution in [0.5, 0.6) is 0 Å². The van der Waals surface area contributed by atoms with Crippen molar-refractivity contribution >= 4 is 40.5 Å². The molecule has 1 saturated heterocycles. The SMILES string of the molecule is Cc1ccc(-c2csc(NC(=O)C3CSC(C)(C)N3C=O)n2)c(C)c1. The Morgan fingerprint density at radius 3 is 2.84 bits per heavy atom. The Labute approximate surface area is 155 Å². The zero-order chi connectivity index (χ0) is 18.2. The highest BCUT2D eigenvalue weighted by molar-refractivity contribution is 8.00. The van der Waals surface area contributed by atoms with Gasteiger partial charge in [-0.2, -0.15) is 0 Å². The maximum absolute atomic E-state index is 12.6. The summed E-state index contributed by atoms with van der Waals surface area (Å²) in [6.07, 6.45) is 0.757. The van der Waals surface area contributed by atoms with Gasteiger partial charge in [-0.3, -0.25) is 9.59 Å². The smallest absolute Gasteiger partial charge is 0.249 e. The van der Waals surface area contributed by atoms with Crippen LogP contribution in [0.1, 0.15) is 25.0 Å². The number of aromatic nitrogens is 1. The summed E-state index contributed by atoms with van der Waals surface area (Å²) >= 11 is 3.00. The minimum absolute atomic E-state index is 0.188. The van der Waals surface area contributed by atoms with E-state index in [1.165, 1.54) is 16.9 Å². The number of thioether (sulfide) groups is 1. The van der Waals surface area contributed by atoms with Gasteiger partial charge in [0.15, 0.2) is 5.13 Å². The number of hydrogen-bond donors (Lipinski definition) is 1. The first kappa shape index (κ1) is 17.9. The molecule has 7 heteroatoms. The van der Waals surface area contributed by atoms with Crippen LogP contribution >= 0.6 is 23.1 Å². The number of thiazole rings is 1. The van der Waals surface area contributed by atoms with E-state index in [0.717, 1.165) is 23.2 Å². The predicted molar refractivity (Wildman–Crippen MR) is 104 cm³/mol. The van der Waals surface area contributed by atoms with E-state index in [9.17, 15) is 9.59 Å². The van der Waals surface area contributed by atoms with Crippen molar-refractivity contribution in [2.75, 3.05) is 11.1 Å². The van der Waals surface area contributed by atoms with Crippen molar-refractivity contribution in [3.05, 3.63) is 34.7 Å². The van der Waals surface area contributed by atoms with Crippen LogP contribution in [0.15, 0.2) is 23.6 Å². The first-order valence-corrected chi connectivity index (χ1v) is 9.90. The molecule has 132 valence electrons. The zero-order valence-corrected chi connectivity index (χ0v) is 16.3. The van der Waals surface area contributed by atoms with Crippen LogP contribution in [0.2, 0.25) is 0 Å². The van der Waals surface area contributed by atoms with Crippen LogP contribution in [0, 0.1) is 13.8 Å². The lowest BCUT2D eigenvalue weighted by molar-refractivity contribution is -0.130. The Balaban J connectivity index is 1.75. The van der Waals surface area contributed by atoms with Gasteiger partial charge in [-0.05, 0) is 33.3 Å². The topological polar surface area (TPSA) is 62.3 Å². The Kier molecular flexibility index (Phi) is 4.88. The summed E-state index contributed by atoms with van der Waals surface area (Å²) in [7, 11) is 0. The lowest BCUT2D eigenvalue weighted by atomic mass is 10.0. The highest BCUT2D eigenvalue weighted by atomic mass is 32.2. The van der Waals surface area contributed by atoms with Crippen LogP contribution in [0.4, 0.5) is 5.13 Å². The molecule has 3 rings (SSSR count). The average molecular weight is 376 g/mol. The maximum Gasteiger partial charge on any atom is 0.249 e. The molecule has 0 bridgehead atoms. The van der Waals surface area contributed by atoms with Gasteiger partial charge in [0.1, 0.15) is 6.04 Å². The largest absolute Gasteiger partial charge is 0.318 e. The molecular weight excluding hydrogens is 354 g/mol. The fourth-order valence-electron chi connectivity index (χ4n) is 2.96. The van der Waals surface area contributed by atoms with E-state index in [2.05, 4.69) is 42.3 Å². The first-order chi connectivity index (χ1) is 11.8. The average Bonchev–Trinajstić information content (AvgIpc) is 3.10. The Bertz CT molecular complexity index is 816. The van der Waals surface area contributed by atoms with E-state index in [1.54, 1.807) is 16.7 Å². The Morgan fingerprint density at radius 2 is 2.16 bits per heavy atom. The van der Waals surface area contributed by atoms with Crippen LogP contribution in [0.25, 0.3) is 11.3 Å². The highest BCUT2D eigenvalue weighted by Gasteiger charge is 2.43. The van der Waals surface area contributed by atoms with Crippen molar-refractivity contribution in [3.8, 4) is 11.3 Å². The van der Waals surface area contributed by atoms with Gasteiger partial charge < -0.3 is 10.2 Å². The van der Waals surface area contributed by atoms with E-state index >= 15 is 0 Å². The summed E-state index contributed by atoms with van der Waals surface area (Å²) in [4.78, 5) is 29.7. The molecule has 2 heterocycles. The number of rotatable bonds is 4. The van der Waals surface area contributed by atoms with Crippen molar-refractivity contribution in [1.82, 2.24) is 9.88 Å². The molecular formula is C18H21N3O2S2. The summed E-state index contributed by atoms with van der Waals surface area (Å²) < 4.78 is 0. The number of nitrogens with one attached hydrogen (secondary N) is 1. The monoisotopic (exact) mass is 375 g/mol. The molecule has 0 saturated carbocycles. The van der Waals surface area contributed by atoms with Gasteiger partial charge in [-0.15, -0.1) is 23.1 Å². The lowest BCUT2D eigenvalue weighted by Gasteiger charge is -2.29. The number of anilines is 1. The quantitative estimate of drug-likeness (QED) is 0.828. The third kappa shape index (κ3) is 3.57. The molecule has 5 nitrogen and oxygen atoms in total. The molecule has 1 aromatic carbocycles. The lowest BCUT2D eigenvalue weighted by Crippen LogP contribution is -2.47. The molecule has 1 unspecified atom stereocenters. The third-order valence-corrected chi connectivity index (χ3v) is 6.52. The molecule has 0 spiro atoms. The van der Waals surface area contributed by atoms with Gasteiger partial charge in [0.2, 0.25) is 12.3 Å². The highest BCUT2D eigenvalue weighted by Crippen LogP contribution is 2.38. The van der Waals surface area contributed by atoms with Gasteiger partial charge in [0.05, 0.1) is 10.6 Å². The van der Waals surface area contributed by atoms with Crippen LogP contribution in [-0.2, 0) is 9.59 Å². The summed E-state index contributed by atoms with van der Waals surface area (Å²) in [5.41, 5.74) is 4.28. The summed E-state index contributed by atoms with van der Waals surface area (Å²) in [6, 6.07) is 5.76. The minimum atomic E-state index is -0.467. The van der Waals surface area contributed by atoms with Crippen LogP contribution in [0.3, 0.4) is 0 Å². The van der Waals surface area contributed by atoms with E-state index in [-0.39, 0.29) is 10.8 Å². The number of carbonyl (C=O) groups is 2. The molecule has 25 heavy (non-hydrogen) atoms. The molecule has 2 aromatic rings. The van der Waals surface area contributed by atoms with E-state index in [1.807, 2.05) is 19.2 Å².